The standard InChI is InChI=1S/C11H18O2/c1-7-9(12-7)10(2)4-5-11(3)8(6-10)13-11/h7-9H,4-6H2,1-3H3. The Morgan fingerprint density at radius 3 is 2.46 bits per heavy atom. The minimum absolute atomic E-state index is 0.248. The maximum atomic E-state index is 5.72. The molecule has 0 radical (unpaired) electrons. The van der Waals surface area contributed by atoms with Gasteiger partial charge in [-0.3, -0.25) is 0 Å². The summed E-state index contributed by atoms with van der Waals surface area (Å²) >= 11 is 0. The molecule has 5 unspecified atom stereocenters. The highest BCUT2D eigenvalue weighted by molar-refractivity contribution is 5.11. The van der Waals surface area contributed by atoms with E-state index in [2.05, 4.69) is 20.8 Å². The van der Waals surface area contributed by atoms with Crippen LogP contribution in [-0.4, -0.2) is 23.9 Å². The highest BCUT2D eigenvalue weighted by atomic mass is 16.6. The van der Waals surface area contributed by atoms with Gasteiger partial charge in [-0.15, -0.1) is 0 Å². The quantitative estimate of drug-likeness (QED) is 0.580. The molecule has 13 heavy (non-hydrogen) atoms. The van der Waals surface area contributed by atoms with Gasteiger partial charge in [0.2, 0.25) is 0 Å². The topological polar surface area (TPSA) is 25.1 Å². The van der Waals surface area contributed by atoms with Gasteiger partial charge in [0, 0.05) is 0 Å². The molecule has 2 nitrogen and oxygen atoms in total. The number of hydrogen-bond donors (Lipinski definition) is 0. The van der Waals surface area contributed by atoms with Gasteiger partial charge in [0.1, 0.15) is 0 Å². The van der Waals surface area contributed by atoms with E-state index < -0.39 is 0 Å². The van der Waals surface area contributed by atoms with Gasteiger partial charge < -0.3 is 9.47 Å². The number of hydrogen-bond acceptors (Lipinski definition) is 2. The van der Waals surface area contributed by atoms with E-state index in [1.54, 1.807) is 0 Å². The van der Waals surface area contributed by atoms with Crippen molar-refractivity contribution in [2.24, 2.45) is 5.41 Å². The summed E-state index contributed by atoms with van der Waals surface area (Å²) in [5, 5.41) is 0. The van der Waals surface area contributed by atoms with Crippen molar-refractivity contribution in [3.63, 3.8) is 0 Å². The highest BCUT2D eigenvalue weighted by Crippen LogP contribution is 2.58. The lowest BCUT2D eigenvalue weighted by Gasteiger charge is -2.32. The molecule has 2 saturated heterocycles. The summed E-state index contributed by atoms with van der Waals surface area (Å²) in [6, 6.07) is 0. The van der Waals surface area contributed by atoms with Crippen LogP contribution in [0.25, 0.3) is 0 Å². The monoisotopic (exact) mass is 182 g/mol. The molecule has 1 aliphatic carbocycles. The van der Waals surface area contributed by atoms with Crippen molar-refractivity contribution in [2.75, 3.05) is 0 Å². The van der Waals surface area contributed by atoms with E-state index in [-0.39, 0.29) is 5.60 Å². The normalized spacial score (nSPS) is 64.4. The summed E-state index contributed by atoms with van der Waals surface area (Å²) in [4.78, 5) is 0. The average Bonchev–Trinajstić information content (AvgIpc) is 2.89. The third-order valence-electron chi connectivity index (χ3n) is 4.28. The first-order valence-corrected chi connectivity index (χ1v) is 5.37. The maximum Gasteiger partial charge on any atom is 0.0920 e. The molecule has 2 heteroatoms. The van der Waals surface area contributed by atoms with Crippen LogP contribution in [0.15, 0.2) is 0 Å². The van der Waals surface area contributed by atoms with Crippen LogP contribution in [0.4, 0.5) is 0 Å². The lowest BCUT2D eigenvalue weighted by Crippen LogP contribution is -2.34. The molecule has 3 fully saturated rings. The molecule has 1 saturated carbocycles. The average molecular weight is 182 g/mol. The predicted octanol–water partition coefficient (Wildman–Crippen LogP) is 2.12. The number of epoxide rings is 2. The van der Waals surface area contributed by atoms with Crippen LogP contribution in [0, 0.1) is 5.41 Å². The van der Waals surface area contributed by atoms with Crippen LogP contribution < -0.4 is 0 Å². The summed E-state index contributed by atoms with van der Waals surface area (Å²) in [5.74, 6) is 0. The Labute approximate surface area is 79.6 Å². The Balaban J connectivity index is 1.73. The molecule has 0 bridgehead atoms. The van der Waals surface area contributed by atoms with Crippen molar-refractivity contribution >= 4 is 0 Å². The van der Waals surface area contributed by atoms with Crippen LogP contribution in [0.1, 0.15) is 40.0 Å². The van der Waals surface area contributed by atoms with Crippen molar-refractivity contribution in [1.29, 1.82) is 0 Å². The van der Waals surface area contributed by atoms with E-state index >= 15 is 0 Å². The van der Waals surface area contributed by atoms with Gasteiger partial charge in [-0.05, 0) is 38.5 Å². The SMILES string of the molecule is CC1OC1C1(C)CCC2(C)OC2C1. The molecule has 2 heterocycles. The third-order valence-corrected chi connectivity index (χ3v) is 4.28. The first-order valence-electron chi connectivity index (χ1n) is 5.37. The third kappa shape index (κ3) is 1.08. The molecule has 3 rings (SSSR count). The minimum Gasteiger partial charge on any atom is -0.369 e. The summed E-state index contributed by atoms with van der Waals surface area (Å²) in [5.41, 5.74) is 0.651. The molecule has 5 atom stereocenters. The van der Waals surface area contributed by atoms with Gasteiger partial charge in [-0.25, -0.2) is 0 Å². The smallest absolute Gasteiger partial charge is 0.0920 e. The largest absolute Gasteiger partial charge is 0.369 e. The summed E-state index contributed by atoms with van der Waals surface area (Å²) in [6.45, 7) is 6.79. The second-order valence-corrected chi connectivity index (χ2v) is 5.54. The molecule has 0 aromatic heterocycles. The summed E-state index contributed by atoms with van der Waals surface area (Å²) < 4.78 is 11.3. The fraction of sp³-hybridized carbons (Fsp3) is 1.00. The zero-order valence-corrected chi connectivity index (χ0v) is 8.67. The van der Waals surface area contributed by atoms with Gasteiger partial charge in [0.05, 0.1) is 23.9 Å². The van der Waals surface area contributed by atoms with E-state index in [1.807, 2.05) is 0 Å². The minimum atomic E-state index is 0.248. The van der Waals surface area contributed by atoms with Crippen LogP contribution >= 0.6 is 0 Å². The van der Waals surface area contributed by atoms with Gasteiger partial charge in [0.15, 0.2) is 0 Å². The van der Waals surface area contributed by atoms with E-state index in [9.17, 15) is 0 Å². The number of fused-ring (bicyclic) bond motifs is 1. The van der Waals surface area contributed by atoms with E-state index in [0.29, 0.717) is 23.7 Å². The second-order valence-electron chi connectivity index (χ2n) is 5.54. The van der Waals surface area contributed by atoms with Crippen LogP contribution in [0.3, 0.4) is 0 Å². The summed E-state index contributed by atoms with van der Waals surface area (Å²) in [6.07, 6.45) is 5.24. The molecule has 2 aliphatic heterocycles. The van der Waals surface area contributed by atoms with Crippen LogP contribution in [0.2, 0.25) is 0 Å². The van der Waals surface area contributed by atoms with E-state index in [1.165, 1.54) is 19.3 Å². The lowest BCUT2D eigenvalue weighted by molar-refractivity contribution is 0.157. The molecule has 74 valence electrons. The first kappa shape index (κ1) is 8.25. The molecule has 0 aromatic rings. The van der Waals surface area contributed by atoms with Gasteiger partial charge >= 0.3 is 0 Å². The van der Waals surface area contributed by atoms with Gasteiger partial charge in [-0.2, -0.15) is 0 Å². The molecular weight excluding hydrogens is 164 g/mol. The molecule has 0 aromatic carbocycles. The Morgan fingerprint density at radius 1 is 1.23 bits per heavy atom. The van der Waals surface area contributed by atoms with Crippen molar-refractivity contribution < 1.29 is 9.47 Å². The maximum absolute atomic E-state index is 5.72. The second kappa shape index (κ2) is 2.12. The molecular formula is C11H18O2. The molecule has 0 N–H and O–H groups in total. The Morgan fingerprint density at radius 2 is 1.92 bits per heavy atom. The van der Waals surface area contributed by atoms with E-state index in [4.69, 9.17) is 9.47 Å². The Bertz CT molecular complexity index is 252. The summed E-state index contributed by atoms with van der Waals surface area (Å²) in [7, 11) is 0. The Kier molecular flexibility index (Phi) is 1.34. The molecule has 0 spiro atoms. The predicted molar refractivity (Wildman–Crippen MR) is 49.6 cm³/mol. The van der Waals surface area contributed by atoms with Crippen LogP contribution in [0.5, 0.6) is 0 Å². The van der Waals surface area contributed by atoms with Crippen molar-refractivity contribution in [3.05, 3.63) is 0 Å². The molecule has 0 amide bonds. The number of ether oxygens (including phenoxy) is 2. The van der Waals surface area contributed by atoms with Crippen molar-refractivity contribution in [3.8, 4) is 0 Å². The van der Waals surface area contributed by atoms with Crippen LogP contribution in [-0.2, 0) is 9.47 Å². The van der Waals surface area contributed by atoms with Gasteiger partial charge in [0.25, 0.3) is 0 Å². The van der Waals surface area contributed by atoms with Crippen molar-refractivity contribution in [1.82, 2.24) is 0 Å². The van der Waals surface area contributed by atoms with E-state index in [0.717, 1.165) is 0 Å². The van der Waals surface area contributed by atoms with Gasteiger partial charge in [-0.1, -0.05) is 6.92 Å². The zero-order valence-electron chi connectivity index (χ0n) is 8.67. The highest BCUT2D eigenvalue weighted by Gasteiger charge is 2.62. The fourth-order valence-electron chi connectivity index (χ4n) is 3.00. The lowest BCUT2D eigenvalue weighted by atomic mass is 9.69. The first-order chi connectivity index (χ1) is 6.04. The number of rotatable bonds is 1. The fourth-order valence-corrected chi connectivity index (χ4v) is 3.00. The molecule has 3 aliphatic rings. The van der Waals surface area contributed by atoms with Crippen molar-refractivity contribution in [2.45, 2.75) is 63.9 Å². The zero-order chi connectivity index (χ0) is 9.27. The Hall–Kier alpha value is -0.0800.